The average molecular weight is 277 g/mol. The van der Waals surface area contributed by atoms with Gasteiger partial charge in [-0.3, -0.25) is 0 Å². The van der Waals surface area contributed by atoms with Crippen LogP contribution in [0.25, 0.3) is 10.4 Å². The monoisotopic (exact) mass is 277 g/mol. The predicted molar refractivity (Wildman–Crippen MR) is 68.6 cm³/mol. The number of hydrogen-bond acceptors (Lipinski definition) is 5. The van der Waals surface area contributed by atoms with E-state index in [4.69, 9.17) is 19.7 Å². The Labute approximate surface area is 115 Å². The van der Waals surface area contributed by atoms with Crippen LogP contribution in [0.4, 0.5) is 0 Å². The summed E-state index contributed by atoms with van der Waals surface area (Å²) in [6.07, 6.45) is -2.50. The molecule has 0 amide bonds. The molecule has 0 radical (unpaired) electrons. The molecule has 1 aromatic rings. The fourth-order valence-electron chi connectivity index (χ4n) is 2.52. The molecule has 106 valence electrons. The van der Waals surface area contributed by atoms with Crippen molar-refractivity contribution in [3.8, 4) is 0 Å². The Morgan fingerprint density at radius 1 is 1.40 bits per heavy atom. The zero-order valence-electron chi connectivity index (χ0n) is 10.7. The van der Waals surface area contributed by atoms with Crippen LogP contribution in [0.5, 0.6) is 0 Å². The highest BCUT2D eigenvalue weighted by Crippen LogP contribution is 2.32. The largest absolute Gasteiger partial charge is 0.390 e. The van der Waals surface area contributed by atoms with Crippen molar-refractivity contribution < 1.29 is 19.3 Å². The molecule has 7 nitrogen and oxygen atoms in total. The third-order valence-corrected chi connectivity index (χ3v) is 3.54. The maximum Gasteiger partial charge on any atom is 0.169 e. The fourth-order valence-corrected chi connectivity index (χ4v) is 2.52. The summed E-state index contributed by atoms with van der Waals surface area (Å²) in [4.78, 5) is 2.73. The molecular formula is C13H15N3O4. The van der Waals surface area contributed by atoms with Gasteiger partial charge in [-0.25, -0.2) is 0 Å². The minimum absolute atomic E-state index is 0.330. The minimum Gasteiger partial charge on any atom is -0.390 e. The molecule has 20 heavy (non-hydrogen) atoms. The van der Waals surface area contributed by atoms with Crippen LogP contribution in [0.15, 0.2) is 35.4 Å². The molecular weight excluding hydrogens is 262 g/mol. The van der Waals surface area contributed by atoms with Gasteiger partial charge in [-0.05, 0) is 11.1 Å². The highest BCUT2D eigenvalue weighted by Gasteiger charge is 2.50. The molecule has 7 heteroatoms. The summed E-state index contributed by atoms with van der Waals surface area (Å²) in [6, 6.07) is 8.87. The summed E-state index contributed by atoms with van der Waals surface area (Å²) in [5.41, 5.74) is 9.55. The number of aliphatic hydroxyl groups is 1. The first-order valence-electron chi connectivity index (χ1n) is 6.44. The summed E-state index contributed by atoms with van der Waals surface area (Å²) in [5, 5.41) is 13.8. The van der Waals surface area contributed by atoms with Crippen LogP contribution in [0.2, 0.25) is 0 Å². The van der Waals surface area contributed by atoms with Gasteiger partial charge in [0.05, 0.1) is 19.3 Å². The topological polar surface area (TPSA) is 96.7 Å². The lowest BCUT2D eigenvalue weighted by Crippen LogP contribution is -2.53. The van der Waals surface area contributed by atoms with Crippen LogP contribution >= 0.6 is 0 Å². The average Bonchev–Trinajstić information content (AvgIpc) is 2.90. The van der Waals surface area contributed by atoms with Gasteiger partial charge in [-0.1, -0.05) is 35.4 Å². The summed E-state index contributed by atoms with van der Waals surface area (Å²) < 4.78 is 16.7. The normalized spacial score (nSPS) is 35.5. The Morgan fingerprint density at radius 2 is 2.20 bits per heavy atom. The zero-order valence-corrected chi connectivity index (χ0v) is 10.7. The van der Waals surface area contributed by atoms with Gasteiger partial charge in [-0.15, -0.1) is 0 Å². The molecule has 2 heterocycles. The van der Waals surface area contributed by atoms with Gasteiger partial charge in [-0.2, -0.15) is 0 Å². The van der Waals surface area contributed by atoms with Gasteiger partial charge in [0.2, 0.25) is 0 Å². The number of aliphatic hydroxyl groups excluding tert-OH is 1. The van der Waals surface area contributed by atoms with Crippen molar-refractivity contribution in [2.45, 2.75) is 37.3 Å². The molecule has 2 saturated heterocycles. The second-order valence-corrected chi connectivity index (χ2v) is 4.82. The number of hydrogen-bond donors (Lipinski definition) is 1. The maximum absolute atomic E-state index is 10.3. The molecule has 3 rings (SSSR count). The summed E-state index contributed by atoms with van der Waals surface area (Å²) in [5.74, 6) is 0. The highest BCUT2D eigenvalue weighted by molar-refractivity contribution is 5.13. The Bertz CT molecular complexity index is 506. The van der Waals surface area contributed by atoms with E-state index in [2.05, 4.69) is 10.0 Å². The molecule has 2 aliphatic rings. The number of nitrogens with zero attached hydrogens (tertiary/aromatic N) is 3. The summed E-state index contributed by atoms with van der Waals surface area (Å²) >= 11 is 0. The second kappa shape index (κ2) is 5.78. The van der Waals surface area contributed by atoms with Gasteiger partial charge in [0.25, 0.3) is 0 Å². The molecule has 2 aliphatic heterocycles. The Balaban J connectivity index is 1.70. The van der Waals surface area contributed by atoms with E-state index in [-0.39, 0.29) is 6.10 Å². The molecule has 2 fully saturated rings. The van der Waals surface area contributed by atoms with Gasteiger partial charge in [0.1, 0.15) is 18.2 Å². The standard InChI is InChI=1S/C13H15N3O4/c14-16-15-10-11(17)12(9-7-19-13(10)20-9)18-6-8-4-2-1-3-5-8/h1-5,9-13,17H,6-7H2/t9?,10?,11?,12-,13+/m0/s1. The lowest BCUT2D eigenvalue weighted by Gasteiger charge is -2.35. The maximum atomic E-state index is 10.3. The lowest BCUT2D eigenvalue weighted by molar-refractivity contribution is -0.195. The number of benzene rings is 1. The number of ether oxygens (including phenoxy) is 3. The zero-order chi connectivity index (χ0) is 13.9. The minimum atomic E-state index is -0.930. The first-order valence-corrected chi connectivity index (χ1v) is 6.44. The molecule has 0 aliphatic carbocycles. The fraction of sp³-hybridized carbons (Fsp3) is 0.538. The molecule has 0 spiro atoms. The first kappa shape index (κ1) is 13.4. The van der Waals surface area contributed by atoms with Crippen molar-refractivity contribution in [2.24, 2.45) is 5.11 Å². The molecule has 0 aromatic heterocycles. The Morgan fingerprint density at radius 3 is 2.95 bits per heavy atom. The SMILES string of the molecule is [N-]=[N+]=NC1C(O)[C@@H](OCc2ccccc2)C2CO[C@@H]1O2. The van der Waals surface area contributed by atoms with Crippen LogP contribution in [0.3, 0.4) is 0 Å². The third-order valence-electron chi connectivity index (χ3n) is 3.54. The van der Waals surface area contributed by atoms with E-state index in [0.717, 1.165) is 5.56 Å². The van der Waals surface area contributed by atoms with Crippen LogP contribution in [0.1, 0.15) is 5.56 Å². The molecule has 2 bridgehead atoms. The molecule has 0 saturated carbocycles. The van der Waals surface area contributed by atoms with Crippen molar-refractivity contribution in [1.29, 1.82) is 0 Å². The van der Waals surface area contributed by atoms with E-state index in [9.17, 15) is 5.11 Å². The van der Waals surface area contributed by atoms with Crippen LogP contribution in [0, 0.1) is 0 Å². The van der Waals surface area contributed by atoms with Gasteiger partial charge in [0.15, 0.2) is 6.29 Å². The number of fused-ring (bicyclic) bond motifs is 2. The van der Waals surface area contributed by atoms with E-state index < -0.39 is 24.5 Å². The Kier molecular flexibility index (Phi) is 3.86. The van der Waals surface area contributed by atoms with E-state index >= 15 is 0 Å². The van der Waals surface area contributed by atoms with Crippen LogP contribution in [-0.2, 0) is 20.8 Å². The Hall–Kier alpha value is -1.63. The van der Waals surface area contributed by atoms with Crippen LogP contribution < -0.4 is 0 Å². The van der Waals surface area contributed by atoms with E-state index in [1.807, 2.05) is 30.3 Å². The summed E-state index contributed by atoms with van der Waals surface area (Å²) in [7, 11) is 0. The quantitative estimate of drug-likeness (QED) is 0.510. The molecule has 3 unspecified atom stereocenters. The predicted octanol–water partition coefficient (Wildman–Crippen LogP) is 1.37. The van der Waals surface area contributed by atoms with Gasteiger partial charge < -0.3 is 19.3 Å². The van der Waals surface area contributed by atoms with Crippen molar-refractivity contribution in [2.75, 3.05) is 6.61 Å². The van der Waals surface area contributed by atoms with Crippen LogP contribution in [-0.4, -0.2) is 42.4 Å². The van der Waals surface area contributed by atoms with E-state index in [1.165, 1.54) is 0 Å². The second-order valence-electron chi connectivity index (χ2n) is 4.82. The van der Waals surface area contributed by atoms with Crippen molar-refractivity contribution in [3.63, 3.8) is 0 Å². The molecule has 1 N–H and O–H groups in total. The smallest absolute Gasteiger partial charge is 0.169 e. The third kappa shape index (κ3) is 2.49. The first-order chi connectivity index (χ1) is 9.79. The number of rotatable bonds is 4. The molecule has 5 atom stereocenters. The molecule has 1 aromatic carbocycles. The van der Waals surface area contributed by atoms with E-state index in [0.29, 0.717) is 13.2 Å². The van der Waals surface area contributed by atoms with Crippen molar-refractivity contribution in [1.82, 2.24) is 0 Å². The lowest BCUT2D eigenvalue weighted by atomic mass is 9.99. The highest BCUT2D eigenvalue weighted by atomic mass is 16.7. The number of azide groups is 1. The van der Waals surface area contributed by atoms with Gasteiger partial charge in [0, 0.05) is 4.91 Å². The summed E-state index contributed by atoms with van der Waals surface area (Å²) in [6.45, 7) is 0.689. The van der Waals surface area contributed by atoms with Crippen molar-refractivity contribution >= 4 is 0 Å². The van der Waals surface area contributed by atoms with Gasteiger partial charge >= 0.3 is 0 Å². The van der Waals surface area contributed by atoms with E-state index in [1.54, 1.807) is 0 Å². The van der Waals surface area contributed by atoms with Crippen molar-refractivity contribution in [3.05, 3.63) is 46.3 Å².